The smallest absolute Gasteiger partial charge is 0.317 e. The van der Waals surface area contributed by atoms with E-state index < -0.39 is 5.97 Å². The van der Waals surface area contributed by atoms with Crippen LogP contribution >= 0.6 is 0 Å². The van der Waals surface area contributed by atoms with Crippen molar-refractivity contribution in [3.8, 4) is 0 Å². The normalized spacial score (nSPS) is 13.0. The Hall–Kier alpha value is -1.99. The highest BCUT2D eigenvalue weighted by atomic mass is 19.1. The highest BCUT2D eigenvalue weighted by molar-refractivity contribution is 5.76. The van der Waals surface area contributed by atoms with Gasteiger partial charge in [0.25, 0.3) is 0 Å². The van der Waals surface area contributed by atoms with Gasteiger partial charge >= 0.3 is 5.97 Å². The number of aromatic nitrogens is 2. The molecule has 6 nitrogen and oxygen atoms in total. The van der Waals surface area contributed by atoms with Crippen molar-refractivity contribution in [1.29, 1.82) is 0 Å². The fourth-order valence-corrected chi connectivity index (χ4v) is 2.36. The summed E-state index contributed by atoms with van der Waals surface area (Å²) in [6, 6.07) is 4.42. The second-order valence-electron chi connectivity index (χ2n) is 5.18. The van der Waals surface area contributed by atoms with Gasteiger partial charge in [0, 0.05) is 18.7 Å². The van der Waals surface area contributed by atoms with E-state index in [1.165, 1.54) is 12.1 Å². The Morgan fingerprint density at radius 2 is 2.29 bits per heavy atom. The fraction of sp³-hybridized carbons (Fsp3) is 0.429. The van der Waals surface area contributed by atoms with Gasteiger partial charge in [-0.3, -0.25) is 9.69 Å². The third kappa shape index (κ3) is 3.37. The van der Waals surface area contributed by atoms with Crippen LogP contribution in [0.5, 0.6) is 0 Å². The molecule has 0 aliphatic heterocycles. The van der Waals surface area contributed by atoms with Crippen molar-refractivity contribution in [3.05, 3.63) is 29.8 Å². The van der Waals surface area contributed by atoms with Crippen molar-refractivity contribution in [2.75, 3.05) is 20.1 Å². The minimum absolute atomic E-state index is 0.00584. The largest absolute Gasteiger partial charge is 0.480 e. The molecule has 0 amide bonds. The Labute approximate surface area is 122 Å². The molecule has 0 spiro atoms. The van der Waals surface area contributed by atoms with Gasteiger partial charge in [0.15, 0.2) is 0 Å². The molecule has 3 N–H and O–H groups in total. The molecule has 1 unspecified atom stereocenters. The maximum absolute atomic E-state index is 13.3. The highest BCUT2D eigenvalue weighted by Crippen LogP contribution is 2.22. The number of nitrogens with two attached hydrogens (primary N) is 1. The summed E-state index contributed by atoms with van der Waals surface area (Å²) in [4.78, 5) is 16.8. The third-order valence-corrected chi connectivity index (χ3v) is 3.32. The zero-order valence-electron chi connectivity index (χ0n) is 12.1. The first kappa shape index (κ1) is 15.4. The molecular formula is C14H19FN4O2. The van der Waals surface area contributed by atoms with E-state index in [9.17, 15) is 9.18 Å². The topological polar surface area (TPSA) is 84.4 Å². The van der Waals surface area contributed by atoms with Crippen LogP contribution in [0.25, 0.3) is 11.0 Å². The molecule has 21 heavy (non-hydrogen) atoms. The minimum Gasteiger partial charge on any atom is -0.480 e. The molecule has 114 valence electrons. The molecule has 0 saturated carbocycles. The quantitative estimate of drug-likeness (QED) is 0.836. The molecule has 2 rings (SSSR count). The molecule has 0 fully saturated rings. The van der Waals surface area contributed by atoms with E-state index in [0.29, 0.717) is 24.4 Å². The summed E-state index contributed by atoms with van der Waals surface area (Å²) in [6.45, 7) is 2.63. The van der Waals surface area contributed by atoms with Crippen LogP contribution in [-0.2, 0) is 11.3 Å². The first-order chi connectivity index (χ1) is 9.92. The monoisotopic (exact) mass is 294 g/mol. The van der Waals surface area contributed by atoms with Gasteiger partial charge in [0.1, 0.15) is 11.6 Å². The van der Waals surface area contributed by atoms with Crippen molar-refractivity contribution < 1.29 is 14.3 Å². The van der Waals surface area contributed by atoms with E-state index in [4.69, 9.17) is 10.8 Å². The first-order valence-electron chi connectivity index (χ1n) is 6.69. The number of halogens is 1. The summed E-state index contributed by atoms with van der Waals surface area (Å²) in [5, 5.41) is 8.82. The molecular weight excluding hydrogens is 275 g/mol. The van der Waals surface area contributed by atoms with E-state index in [1.807, 2.05) is 11.5 Å². The predicted octanol–water partition coefficient (Wildman–Crippen LogP) is 1.21. The van der Waals surface area contributed by atoms with Gasteiger partial charge in [-0.25, -0.2) is 9.37 Å². The third-order valence-electron chi connectivity index (χ3n) is 3.32. The number of hydrogen-bond donors (Lipinski definition) is 2. The van der Waals surface area contributed by atoms with Crippen LogP contribution in [0.4, 0.5) is 4.39 Å². The molecule has 0 aliphatic rings. The lowest BCUT2D eigenvalue weighted by Gasteiger charge is -2.19. The Bertz CT molecular complexity index is 656. The maximum atomic E-state index is 13.3. The van der Waals surface area contributed by atoms with Crippen LogP contribution in [-0.4, -0.2) is 45.7 Å². The number of carboxylic acid groups (broad SMARTS) is 1. The minimum atomic E-state index is -0.905. The van der Waals surface area contributed by atoms with E-state index in [1.54, 1.807) is 18.0 Å². The SMILES string of the molecule is CC(CN)n1c(CN(C)CC(=O)O)nc2cc(F)ccc21. The highest BCUT2D eigenvalue weighted by Gasteiger charge is 2.17. The van der Waals surface area contributed by atoms with Gasteiger partial charge in [0.05, 0.1) is 24.1 Å². The zero-order chi connectivity index (χ0) is 15.6. The van der Waals surface area contributed by atoms with Crippen molar-refractivity contribution in [2.45, 2.75) is 19.5 Å². The molecule has 0 aliphatic carbocycles. The molecule has 1 atom stereocenters. The van der Waals surface area contributed by atoms with Crippen LogP contribution in [0, 0.1) is 5.82 Å². The van der Waals surface area contributed by atoms with Gasteiger partial charge in [-0.2, -0.15) is 0 Å². The molecule has 0 radical (unpaired) electrons. The molecule has 7 heteroatoms. The van der Waals surface area contributed by atoms with Gasteiger partial charge in [-0.05, 0) is 26.1 Å². The summed E-state index contributed by atoms with van der Waals surface area (Å²) in [5.41, 5.74) is 7.08. The lowest BCUT2D eigenvalue weighted by Crippen LogP contribution is -2.28. The summed E-state index contributed by atoms with van der Waals surface area (Å²) in [7, 11) is 1.70. The van der Waals surface area contributed by atoms with Crippen LogP contribution in [0.15, 0.2) is 18.2 Å². The standard InChI is InChI=1S/C14H19FN4O2/c1-9(6-16)19-12-4-3-10(15)5-11(12)17-13(19)7-18(2)8-14(20)21/h3-5,9H,6-8,16H2,1-2H3,(H,20,21). The number of carbonyl (C=O) groups is 1. The maximum Gasteiger partial charge on any atom is 0.317 e. The number of likely N-dealkylation sites (N-methyl/N-ethyl adjacent to an activating group) is 1. The van der Waals surface area contributed by atoms with E-state index in [0.717, 1.165) is 5.52 Å². The number of imidazole rings is 1. The predicted molar refractivity (Wildman–Crippen MR) is 77.4 cm³/mol. The Kier molecular flexibility index (Phi) is 4.54. The average Bonchev–Trinajstić information content (AvgIpc) is 2.73. The van der Waals surface area contributed by atoms with Crippen LogP contribution in [0.3, 0.4) is 0 Å². The second-order valence-corrected chi connectivity index (χ2v) is 5.18. The molecule has 0 bridgehead atoms. The number of nitrogens with zero attached hydrogens (tertiary/aromatic N) is 3. The Morgan fingerprint density at radius 1 is 1.57 bits per heavy atom. The van der Waals surface area contributed by atoms with Crippen LogP contribution < -0.4 is 5.73 Å². The van der Waals surface area contributed by atoms with E-state index >= 15 is 0 Å². The lowest BCUT2D eigenvalue weighted by atomic mass is 10.2. The van der Waals surface area contributed by atoms with Crippen LogP contribution in [0.2, 0.25) is 0 Å². The molecule has 0 saturated heterocycles. The van der Waals surface area contributed by atoms with E-state index in [-0.39, 0.29) is 18.4 Å². The first-order valence-corrected chi connectivity index (χ1v) is 6.69. The van der Waals surface area contributed by atoms with Crippen LogP contribution in [0.1, 0.15) is 18.8 Å². The number of benzene rings is 1. The molecule has 1 aromatic carbocycles. The van der Waals surface area contributed by atoms with Crippen molar-refractivity contribution in [3.63, 3.8) is 0 Å². The lowest BCUT2D eigenvalue weighted by molar-refractivity contribution is -0.138. The average molecular weight is 294 g/mol. The van der Waals surface area contributed by atoms with Gasteiger partial charge in [-0.1, -0.05) is 0 Å². The molecule has 2 aromatic rings. The number of fused-ring (bicyclic) bond motifs is 1. The summed E-state index contributed by atoms with van der Waals surface area (Å²) < 4.78 is 15.3. The summed E-state index contributed by atoms with van der Waals surface area (Å²) in [5.74, 6) is -0.576. The van der Waals surface area contributed by atoms with E-state index in [2.05, 4.69) is 4.98 Å². The second kappa shape index (κ2) is 6.19. The number of aliphatic carboxylic acids is 1. The number of carboxylic acids is 1. The van der Waals surface area contributed by atoms with Crippen molar-refractivity contribution >= 4 is 17.0 Å². The van der Waals surface area contributed by atoms with Crippen molar-refractivity contribution in [2.24, 2.45) is 5.73 Å². The zero-order valence-corrected chi connectivity index (χ0v) is 12.1. The summed E-state index contributed by atoms with van der Waals surface area (Å²) >= 11 is 0. The Balaban J connectivity index is 2.43. The van der Waals surface area contributed by atoms with Crippen molar-refractivity contribution in [1.82, 2.24) is 14.5 Å². The molecule has 1 aromatic heterocycles. The number of hydrogen-bond acceptors (Lipinski definition) is 4. The van der Waals surface area contributed by atoms with Gasteiger partial charge < -0.3 is 15.4 Å². The fourth-order valence-electron chi connectivity index (χ4n) is 2.36. The van der Waals surface area contributed by atoms with Gasteiger partial charge in [0.2, 0.25) is 0 Å². The molecule has 1 heterocycles. The summed E-state index contributed by atoms with van der Waals surface area (Å²) in [6.07, 6.45) is 0. The van der Waals surface area contributed by atoms with Gasteiger partial charge in [-0.15, -0.1) is 0 Å². The Morgan fingerprint density at radius 3 is 2.90 bits per heavy atom. The number of rotatable bonds is 6.